The summed E-state index contributed by atoms with van der Waals surface area (Å²) in [6.45, 7) is 1.77. The number of nitrogens with one attached hydrogen (secondary N) is 2. The summed E-state index contributed by atoms with van der Waals surface area (Å²) in [6.07, 6.45) is 1.36. The number of anilines is 1. The summed E-state index contributed by atoms with van der Waals surface area (Å²) in [7, 11) is 1.50. The van der Waals surface area contributed by atoms with E-state index in [0.717, 1.165) is 0 Å². The number of fused-ring (bicyclic) bond motifs is 2. The molecule has 2 heterocycles. The van der Waals surface area contributed by atoms with E-state index in [1.54, 1.807) is 37.3 Å². The number of aromatic nitrogens is 2. The van der Waals surface area contributed by atoms with E-state index in [-0.39, 0.29) is 5.56 Å². The van der Waals surface area contributed by atoms with Crippen LogP contribution in [0.1, 0.15) is 16.1 Å². The minimum atomic E-state index is -0.595. The van der Waals surface area contributed by atoms with Crippen molar-refractivity contribution >= 4 is 33.4 Å². The van der Waals surface area contributed by atoms with E-state index in [0.29, 0.717) is 38.9 Å². The maximum atomic E-state index is 13.7. The van der Waals surface area contributed by atoms with Crippen LogP contribution in [0.5, 0.6) is 5.75 Å². The zero-order valence-electron chi connectivity index (χ0n) is 15.2. The SMILES string of the molecule is COc1ccc2[nH]cc(C(=O)Nc3cc(C)nc4ccc(F)cc34)c(=O)c2c1. The number of hydrogen-bond acceptors (Lipinski definition) is 4. The third-order valence-electron chi connectivity index (χ3n) is 4.48. The normalized spacial score (nSPS) is 11.0. The van der Waals surface area contributed by atoms with Crippen LogP contribution in [0.2, 0.25) is 0 Å². The fraction of sp³-hybridized carbons (Fsp3) is 0.0952. The Balaban J connectivity index is 1.79. The van der Waals surface area contributed by atoms with Crippen LogP contribution < -0.4 is 15.5 Å². The summed E-state index contributed by atoms with van der Waals surface area (Å²) in [5, 5.41) is 3.50. The van der Waals surface area contributed by atoms with Gasteiger partial charge in [0.25, 0.3) is 5.91 Å². The smallest absolute Gasteiger partial charge is 0.261 e. The van der Waals surface area contributed by atoms with Crippen molar-refractivity contribution in [1.29, 1.82) is 0 Å². The molecular formula is C21H16FN3O3. The van der Waals surface area contributed by atoms with Crippen LogP contribution in [0.4, 0.5) is 10.1 Å². The highest BCUT2D eigenvalue weighted by Crippen LogP contribution is 2.25. The second-order valence-corrected chi connectivity index (χ2v) is 6.37. The first-order valence-electron chi connectivity index (χ1n) is 8.54. The second-order valence-electron chi connectivity index (χ2n) is 6.37. The van der Waals surface area contributed by atoms with Crippen molar-refractivity contribution in [2.45, 2.75) is 6.92 Å². The second kappa shape index (κ2) is 6.77. The minimum absolute atomic E-state index is 0.0558. The molecule has 0 fully saturated rings. The van der Waals surface area contributed by atoms with E-state index in [4.69, 9.17) is 4.74 Å². The van der Waals surface area contributed by atoms with Crippen LogP contribution >= 0.6 is 0 Å². The number of H-pyrrole nitrogens is 1. The van der Waals surface area contributed by atoms with E-state index < -0.39 is 17.2 Å². The van der Waals surface area contributed by atoms with Gasteiger partial charge in [-0.3, -0.25) is 14.6 Å². The van der Waals surface area contributed by atoms with Gasteiger partial charge in [-0.1, -0.05) is 0 Å². The molecular weight excluding hydrogens is 361 g/mol. The Labute approximate surface area is 159 Å². The molecule has 0 unspecified atom stereocenters. The van der Waals surface area contributed by atoms with Gasteiger partial charge in [-0.05, 0) is 49.4 Å². The zero-order valence-corrected chi connectivity index (χ0v) is 15.2. The number of nitrogens with zero attached hydrogens (tertiary/aromatic N) is 1. The van der Waals surface area contributed by atoms with Gasteiger partial charge in [-0.25, -0.2) is 4.39 Å². The number of aromatic amines is 1. The van der Waals surface area contributed by atoms with Crippen LogP contribution in [0.15, 0.2) is 53.5 Å². The fourth-order valence-electron chi connectivity index (χ4n) is 3.12. The van der Waals surface area contributed by atoms with Gasteiger partial charge in [0.15, 0.2) is 0 Å². The molecule has 0 atom stereocenters. The molecule has 0 aliphatic heterocycles. The number of hydrogen-bond donors (Lipinski definition) is 2. The zero-order chi connectivity index (χ0) is 19.8. The number of ether oxygens (including phenoxy) is 1. The molecule has 7 heteroatoms. The van der Waals surface area contributed by atoms with Gasteiger partial charge in [0.1, 0.15) is 17.1 Å². The topological polar surface area (TPSA) is 84.1 Å². The molecule has 0 bridgehead atoms. The molecule has 6 nitrogen and oxygen atoms in total. The lowest BCUT2D eigenvalue weighted by atomic mass is 10.1. The number of pyridine rings is 2. The molecule has 4 aromatic rings. The third-order valence-corrected chi connectivity index (χ3v) is 4.48. The average molecular weight is 377 g/mol. The molecule has 2 aromatic carbocycles. The number of rotatable bonds is 3. The van der Waals surface area contributed by atoms with Crippen molar-refractivity contribution in [3.8, 4) is 5.75 Å². The van der Waals surface area contributed by atoms with E-state index in [9.17, 15) is 14.0 Å². The van der Waals surface area contributed by atoms with Gasteiger partial charge in [-0.15, -0.1) is 0 Å². The van der Waals surface area contributed by atoms with Gasteiger partial charge in [0.05, 0.1) is 18.3 Å². The molecule has 140 valence electrons. The Kier molecular flexibility index (Phi) is 4.27. The van der Waals surface area contributed by atoms with Crippen LogP contribution in [0.3, 0.4) is 0 Å². The maximum Gasteiger partial charge on any atom is 0.261 e. The minimum Gasteiger partial charge on any atom is -0.497 e. The van der Waals surface area contributed by atoms with E-state index in [1.165, 1.54) is 25.4 Å². The van der Waals surface area contributed by atoms with Crippen molar-refractivity contribution in [1.82, 2.24) is 9.97 Å². The maximum absolute atomic E-state index is 13.7. The standard InChI is InChI=1S/C21H16FN3O3/c1-11-7-19(14-8-12(22)3-5-18(14)24-11)25-21(27)16-10-23-17-6-4-13(28-2)9-15(17)20(16)26/h3-10H,1-2H3,(H,23,26)(H,24,25,27). The van der Waals surface area contributed by atoms with Crippen LogP contribution in [0, 0.1) is 12.7 Å². The average Bonchev–Trinajstić information content (AvgIpc) is 2.68. The molecule has 1 amide bonds. The Hall–Kier alpha value is -3.74. The number of halogens is 1. The molecule has 2 aromatic heterocycles. The van der Waals surface area contributed by atoms with E-state index in [1.807, 2.05) is 0 Å². The molecule has 0 aliphatic carbocycles. The quantitative estimate of drug-likeness (QED) is 0.569. The highest BCUT2D eigenvalue weighted by atomic mass is 19.1. The third kappa shape index (κ3) is 3.07. The highest BCUT2D eigenvalue weighted by Gasteiger charge is 2.16. The Morgan fingerprint density at radius 3 is 2.75 bits per heavy atom. The molecule has 4 rings (SSSR count). The summed E-state index contributed by atoms with van der Waals surface area (Å²) < 4.78 is 18.8. The number of amides is 1. The highest BCUT2D eigenvalue weighted by molar-refractivity contribution is 6.09. The fourth-order valence-corrected chi connectivity index (χ4v) is 3.12. The van der Waals surface area contributed by atoms with Gasteiger partial charge >= 0.3 is 0 Å². The number of benzene rings is 2. The molecule has 0 saturated carbocycles. The van der Waals surface area contributed by atoms with Gasteiger partial charge in [0.2, 0.25) is 5.43 Å². The summed E-state index contributed by atoms with van der Waals surface area (Å²) in [5.74, 6) is -0.520. The molecule has 0 radical (unpaired) electrons. The molecule has 0 spiro atoms. The summed E-state index contributed by atoms with van der Waals surface area (Å²) in [5.41, 5.74) is 1.71. The summed E-state index contributed by atoms with van der Waals surface area (Å²) >= 11 is 0. The van der Waals surface area contributed by atoms with Crippen LogP contribution in [-0.4, -0.2) is 23.0 Å². The number of carbonyl (C=O) groups excluding carboxylic acids is 1. The monoisotopic (exact) mass is 377 g/mol. The van der Waals surface area contributed by atoms with Crippen LogP contribution in [0.25, 0.3) is 21.8 Å². The van der Waals surface area contributed by atoms with Crippen molar-refractivity contribution in [2.24, 2.45) is 0 Å². The largest absolute Gasteiger partial charge is 0.497 e. The summed E-state index contributed by atoms with van der Waals surface area (Å²) in [4.78, 5) is 32.9. The van der Waals surface area contributed by atoms with Crippen LogP contribution in [-0.2, 0) is 0 Å². The predicted molar refractivity (Wildman–Crippen MR) is 106 cm³/mol. The van der Waals surface area contributed by atoms with Crippen molar-refractivity contribution < 1.29 is 13.9 Å². The lowest BCUT2D eigenvalue weighted by Gasteiger charge is -2.10. The number of methoxy groups -OCH3 is 1. The Morgan fingerprint density at radius 2 is 1.96 bits per heavy atom. The molecule has 0 saturated heterocycles. The van der Waals surface area contributed by atoms with Gasteiger partial charge in [0, 0.05) is 28.2 Å². The molecule has 2 N–H and O–H groups in total. The lowest BCUT2D eigenvalue weighted by molar-refractivity contribution is 0.102. The first-order valence-corrected chi connectivity index (χ1v) is 8.54. The van der Waals surface area contributed by atoms with E-state index >= 15 is 0 Å². The van der Waals surface area contributed by atoms with Crippen molar-refractivity contribution in [3.63, 3.8) is 0 Å². The van der Waals surface area contributed by atoms with Gasteiger partial charge in [-0.2, -0.15) is 0 Å². The lowest BCUT2D eigenvalue weighted by Crippen LogP contribution is -2.22. The first-order chi connectivity index (χ1) is 13.5. The van der Waals surface area contributed by atoms with E-state index in [2.05, 4.69) is 15.3 Å². The Bertz CT molecular complexity index is 1300. The number of aryl methyl sites for hydroxylation is 1. The molecule has 0 aliphatic rings. The predicted octanol–water partition coefficient (Wildman–Crippen LogP) is 3.78. The molecule has 28 heavy (non-hydrogen) atoms. The first kappa shape index (κ1) is 17.7. The summed E-state index contributed by atoms with van der Waals surface area (Å²) in [6, 6.07) is 10.8. The van der Waals surface area contributed by atoms with Gasteiger partial charge < -0.3 is 15.0 Å². The van der Waals surface area contributed by atoms with Crippen molar-refractivity contribution in [2.75, 3.05) is 12.4 Å². The Morgan fingerprint density at radius 1 is 1.14 bits per heavy atom. The van der Waals surface area contributed by atoms with Crippen molar-refractivity contribution in [3.05, 3.63) is 76.0 Å². The number of carbonyl (C=O) groups is 1.